The van der Waals surface area contributed by atoms with Gasteiger partial charge in [0.05, 0.1) is 19.1 Å². The minimum Gasteiger partial charge on any atom is -0.493 e. The summed E-state index contributed by atoms with van der Waals surface area (Å²) in [5.41, 5.74) is 2.61. The quantitative estimate of drug-likeness (QED) is 0.428. The van der Waals surface area contributed by atoms with Gasteiger partial charge in [-0.15, -0.1) is 0 Å². The zero-order chi connectivity index (χ0) is 19.8. The monoisotopic (exact) mass is 387 g/mol. The van der Waals surface area contributed by atoms with Crippen LogP contribution >= 0.6 is 0 Å². The molecule has 6 heteroatoms. The maximum Gasteiger partial charge on any atom is 0.308 e. The second-order valence-electron chi connectivity index (χ2n) is 7.50. The lowest BCUT2D eigenvalue weighted by atomic mass is 9.86. The number of carbonyl (C=O) groups is 1. The van der Waals surface area contributed by atoms with E-state index in [0.717, 1.165) is 69.9 Å². The molecule has 2 N–H and O–H groups in total. The molecule has 28 heavy (non-hydrogen) atoms. The number of nitrogens with one attached hydrogen (secondary N) is 2. The van der Waals surface area contributed by atoms with Crippen molar-refractivity contribution in [3.8, 4) is 5.75 Å². The van der Waals surface area contributed by atoms with E-state index < -0.39 is 0 Å². The van der Waals surface area contributed by atoms with Crippen LogP contribution in [0, 0.1) is 5.92 Å². The number of rotatable bonds is 7. The third-order valence-corrected chi connectivity index (χ3v) is 5.46. The Labute approximate surface area is 168 Å². The lowest BCUT2D eigenvalue weighted by Gasteiger charge is -2.29. The second kappa shape index (κ2) is 10.3. The van der Waals surface area contributed by atoms with E-state index >= 15 is 0 Å². The minimum atomic E-state index is -0.0405. The number of ether oxygens (including phenoxy) is 2. The van der Waals surface area contributed by atoms with Gasteiger partial charge in [0.2, 0.25) is 0 Å². The topological polar surface area (TPSA) is 72.0 Å². The molecular weight excluding hydrogens is 354 g/mol. The average molecular weight is 388 g/mol. The van der Waals surface area contributed by atoms with Gasteiger partial charge in [-0.05, 0) is 63.1 Å². The largest absolute Gasteiger partial charge is 0.493 e. The molecule has 1 fully saturated rings. The molecule has 154 valence electrons. The third kappa shape index (κ3) is 5.63. The molecule has 1 aromatic rings. The van der Waals surface area contributed by atoms with Crippen molar-refractivity contribution in [1.82, 2.24) is 10.6 Å². The number of benzene rings is 1. The van der Waals surface area contributed by atoms with Crippen molar-refractivity contribution < 1.29 is 14.3 Å². The summed E-state index contributed by atoms with van der Waals surface area (Å²) >= 11 is 0. The Hall–Kier alpha value is -2.24. The van der Waals surface area contributed by atoms with Crippen LogP contribution in [0.3, 0.4) is 0 Å². The molecule has 3 rings (SSSR count). The lowest BCUT2D eigenvalue weighted by Crippen LogP contribution is -2.45. The van der Waals surface area contributed by atoms with Gasteiger partial charge in [-0.3, -0.25) is 9.79 Å². The molecule has 1 saturated carbocycles. The molecular formula is C22H33N3O3. The van der Waals surface area contributed by atoms with Crippen LogP contribution in [-0.4, -0.2) is 44.3 Å². The maximum atomic E-state index is 11.9. The molecule has 1 aliphatic carbocycles. The van der Waals surface area contributed by atoms with Crippen molar-refractivity contribution >= 4 is 11.9 Å². The normalized spacial score (nSPS) is 21.6. The number of esters is 1. The van der Waals surface area contributed by atoms with Gasteiger partial charge in [-0.1, -0.05) is 12.1 Å². The average Bonchev–Trinajstić information content (AvgIpc) is 3.17. The van der Waals surface area contributed by atoms with Crippen molar-refractivity contribution in [2.24, 2.45) is 10.9 Å². The lowest BCUT2D eigenvalue weighted by molar-refractivity contribution is -0.149. The van der Waals surface area contributed by atoms with E-state index in [0.29, 0.717) is 12.6 Å². The van der Waals surface area contributed by atoms with Crippen LogP contribution in [0.25, 0.3) is 0 Å². The summed E-state index contributed by atoms with van der Waals surface area (Å²) in [6, 6.07) is 6.82. The molecule has 2 aliphatic rings. The summed E-state index contributed by atoms with van der Waals surface area (Å²) in [7, 11) is 0. The Bertz CT molecular complexity index is 682. The van der Waals surface area contributed by atoms with Crippen molar-refractivity contribution in [2.75, 3.05) is 26.3 Å². The van der Waals surface area contributed by atoms with E-state index in [-0.39, 0.29) is 11.9 Å². The number of carbonyl (C=O) groups excluding carboxylic acids is 1. The molecule has 1 aliphatic heterocycles. The Balaban J connectivity index is 1.47. The molecule has 1 heterocycles. The minimum absolute atomic E-state index is 0.0405. The fourth-order valence-electron chi connectivity index (χ4n) is 3.94. The van der Waals surface area contributed by atoms with Crippen molar-refractivity contribution in [2.45, 2.75) is 58.4 Å². The number of nitrogens with zero attached hydrogens (tertiary/aromatic N) is 1. The molecule has 6 nitrogen and oxygen atoms in total. The van der Waals surface area contributed by atoms with E-state index in [1.165, 1.54) is 11.1 Å². The SMILES string of the molecule is CCNC(=NCCc1ccc2c(c1)CCO2)NC1CCC(C(=O)OCC)CC1. The molecule has 0 unspecified atom stereocenters. The highest BCUT2D eigenvalue weighted by atomic mass is 16.5. The zero-order valence-electron chi connectivity index (χ0n) is 17.1. The van der Waals surface area contributed by atoms with Crippen molar-refractivity contribution in [1.29, 1.82) is 0 Å². The van der Waals surface area contributed by atoms with Crippen LogP contribution in [0.5, 0.6) is 5.75 Å². The second-order valence-corrected chi connectivity index (χ2v) is 7.50. The van der Waals surface area contributed by atoms with Crippen LogP contribution in [-0.2, 0) is 22.4 Å². The molecule has 1 aromatic carbocycles. The summed E-state index contributed by atoms with van der Waals surface area (Å²) in [5.74, 6) is 1.91. The number of fused-ring (bicyclic) bond motifs is 1. The summed E-state index contributed by atoms with van der Waals surface area (Å²) in [6.07, 6.45) is 5.63. The first-order valence-electron chi connectivity index (χ1n) is 10.7. The van der Waals surface area contributed by atoms with Gasteiger partial charge in [0.15, 0.2) is 5.96 Å². The molecule has 0 aromatic heterocycles. The number of guanidine groups is 1. The highest BCUT2D eigenvalue weighted by Crippen LogP contribution is 2.26. The Kier molecular flexibility index (Phi) is 7.57. The highest BCUT2D eigenvalue weighted by molar-refractivity contribution is 5.80. The van der Waals surface area contributed by atoms with Gasteiger partial charge < -0.3 is 20.1 Å². The van der Waals surface area contributed by atoms with Gasteiger partial charge >= 0.3 is 5.97 Å². The molecule has 0 amide bonds. The molecule has 0 spiro atoms. The smallest absolute Gasteiger partial charge is 0.308 e. The van der Waals surface area contributed by atoms with Crippen molar-refractivity contribution in [3.05, 3.63) is 29.3 Å². The van der Waals surface area contributed by atoms with E-state index in [9.17, 15) is 4.79 Å². The summed E-state index contributed by atoms with van der Waals surface area (Å²) in [6.45, 7) is 6.78. The van der Waals surface area contributed by atoms with Gasteiger partial charge in [0, 0.05) is 25.6 Å². The number of hydrogen-bond donors (Lipinski definition) is 2. The van der Waals surface area contributed by atoms with Crippen LogP contribution in [0.1, 0.15) is 50.7 Å². The van der Waals surface area contributed by atoms with Crippen LogP contribution in [0.2, 0.25) is 0 Å². The number of hydrogen-bond acceptors (Lipinski definition) is 4. The zero-order valence-corrected chi connectivity index (χ0v) is 17.1. The highest BCUT2D eigenvalue weighted by Gasteiger charge is 2.27. The first-order chi connectivity index (χ1) is 13.7. The van der Waals surface area contributed by atoms with Crippen molar-refractivity contribution in [3.63, 3.8) is 0 Å². The van der Waals surface area contributed by atoms with Crippen LogP contribution in [0.15, 0.2) is 23.2 Å². The Morgan fingerprint density at radius 2 is 2.07 bits per heavy atom. The first kappa shape index (κ1) is 20.5. The van der Waals surface area contributed by atoms with Crippen LogP contribution < -0.4 is 15.4 Å². The van der Waals surface area contributed by atoms with Gasteiger partial charge in [0.1, 0.15) is 5.75 Å². The third-order valence-electron chi connectivity index (χ3n) is 5.46. The molecule has 0 saturated heterocycles. The van der Waals surface area contributed by atoms with Gasteiger partial charge in [-0.2, -0.15) is 0 Å². The molecule has 0 bridgehead atoms. The Morgan fingerprint density at radius 1 is 1.25 bits per heavy atom. The fraction of sp³-hybridized carbons (Fsp3) is 0.636. The van der Waals surface area contributed by atoms with E-state index in [2.05, 4.69) is 35.8 Å². The maximum absolute atomic E-state index is 11.9. The van der Waals surface area contributed by atoms with E-state index in [1.54, 1.807) is 0 Å². The van der Waals surface area contributed by atoms with E-state index in [1.807, 2.05) is 6.92 Å². The summed E-state index contributed by atoms with van der Waals surface area (Å²) in [5, 5.41) is 6.88. The fourth-order valence-corrected chi connectivity index (χ4v) is 3.94. The predicted octanol–water partition coefficient (Wildman–Crippen LogP) is 2.84. The predicted molar refractivity (Wildman–Crippen MR) is 111 cm³/mol. The summed E-state index contributed by atoms with van der Waals surface area (Å²) in [4.78, 5) is 16.6. The standard InChI is InChI=1S/C22H33N3O3/c1-3-23-22(25-19-8-6-17(7-9-19)21(26)27-4-2)24-13-11-16-5-10-20-18(15-16)12-14-28-20/h5,10,15,17,19H,3-4,6-9,11-14H2,1-2H3,(H2,23,24,25). The molecule has 0 atom stereocenters. The van der Waals surface area contributed by atoms with E-state index in [4.69, 9.17) is 14.5 Å². The van der Waals surface area contributed by atoms with Gasteiger partial charge in [-0.25, -0.2) is 0 Å². The summed E-state index contributed by atoms with van der Waals surface area (Å²) < 4.78 is 10.7. The van der Waals surface area contributed by atoms with Crippen LogP contribution in [0.4, 0.5) is 0 Å². The first-order valence-corrected chi connectivity index (χ1v) is 10.7. The number of aliphatic imine (C=N–C) groups is 1. The Morgan fingerprint density at radius 3 is 2.82 bits per heavy atom. The molecule has 0 radical (unpaired) electrons. The van der Waals surface area contributed by atoms with Gasteiger partial charge in [0.25, 0.3) is 0 Å².